The van der Waals surface area contributed by atoms with Crippen molar-refractivity contribution in [3.8, 4) is 11.5 Å². The van der Waals surface area contributed by atoms with Crippen molar-refractivity contribution in [2.45, 2.75) is 13.5 Å². The highest BCUT2D eigenvalue weighted by molar-refractivity contribution is 7.80. The number of thiocarbonyl (C=S) groups is 1. The Morgan fingerprint density at radius 1 is 1.20 bits per heavy atom. The van der Waals surface area contributed by atoms with E-state index < -0.39 is 0 Å². The Hall–Kier alpha value is -2.80. The first-order chi connectivity index (χ1) is 12.1. The average Bonchev–Trinajstić information content (AvgIpc) is 3.18. The van der Waals surface area contributed by atoms with Crippen LogP contribution in [0, 0.1) is 0 Å². The normalized spacial score (nSPS) is 15.6. The van der Waals surface area contributed by atoms with E-state index in [-0.39, 0.29) is 12.5 Å². The molecule has 0 radical (unpaired) electrons. The molecule has 2 heterocycles. The highest BCUT2D eigenvalue weighted by Gasteiger charge is 2.29. The summed E-state index contributed by atoms with van der Waals surface area (Å²) in [6, 6.07) is 10.9. The van der Waals surface area contributed by atoms with Crippen molar-refractivity contribution >= 4 is 29.3 Å². The number of methoxy groups -OCH3 is 1. The van der Waals surface area contributed by atoms with Gasteiger partial charge in [-0.15, -0.1) is 0 Å². The molecule has 0 aliphatic carbocycles. The smallest absolute Gasteiger partial charge is 0.276 e. The van der Waals surface area contributed by atoms with Gasteiger partial charge in [0.25, 0.3) is 5.91 Å². The number of carbonyl (C=O) groups excluding carboxylic acids is 1. The van der Waals surface area contributed by atoms with Gasteiger partial charge in [-0.05, 0) is 55.5 Å². The van der Waals surface area contributed by atoms with Gasteiger partial charge in [-0.2, -0.15) is 0 Å². The van der Waals surface area contributed by atoms with Gasteiger partial charge >= 0.3 is 0 Å². The fourth-order valence-corrected chi connectivity index (χ4v) is 2.70. The van der Waals surface area contributed by atoms with Crippen LogP contribution in [0.4, 0.5) is 0 Å². The van der Waals surface area contributed by atoms with Gasteiger partial charge in [-0.3, -0.25) is 9.69 Å². The fraction of sp³-hybridized carbons (Fsp3) is 0.222. The number of nitrogens with one attached hydrogen (secondary N) is 1. The molecule has 2 aromatic rings. The molecule has 1 fully saturated rings. The van der Waals surface area contributed by atoms with Crippen molar-refractivity contribution < 1.29 is 18.7 Å². The van der Waals surface area contributed by atoms with Crippen LogP contribution in [-0.4, -0.2) is 29.6 Å². The highest BCUT2D eigenvalue weighted by atomic mass is 32.1. The lowest BCUT2D eigenvalue weighted by Crippen LogP contribution is -2.30. The van der Waals surface area contributed by atoms with Gasteiger partial charge in [0.15, 0.2) is 5.11 Å². The molecule has 0 atom stereocenters. The molecule has 1 N–H and O–H groups in total. The summed E-state index contributed by atoms with van der Waals surface area (Å²) in [5.74, 6) is 2.55. The third-order valence-electron chi connectivity index (χ3n) is 3.69. The molecular weight excluding hydrogens is 340 g/mol. The van der Waals surface area contributed by atoms with E-state index in [1.165, 1.54) is 4.90 Å². The van der Waals surface area contributed by atoms with Crippen LogP contribution in [0.25, 0.3) is 6.08 Å². The first kappa shape index (κ1) is 17.0. The minimum absolute atomic E-state index is 0.153. The van der Waals surface area contributed by atoms with Gasteiger partial charge < -0.3 is 19.2 Å². The first-order valence-electron chi connectivity index (χ1n) is 7.81. The Morgan fingerprint density at radius 3 is 2.56 bits per heavy atom. The van der Waals surface area contributed by atoms with E-state index in [1.54, 1.807) is 19.3 Å². The number of benzene rings is 1. The van der Waals surface area contributed by atoms with Crippen molar-refractivity contribution in [1.29, 1.82) is 0 Å². The Balaban J connectivity index is 1.63. The number of amides is 1. The zero-order chi connectivity index (χ0) is 17.8. The molecule has 1 saturated heterocycles. The van der Waals surface area contributed by atoms with Gasteiger partial charge in [0.1, 0.15) is 35.3 Å². The molecule has 3 rings (SSSR count). The lowest BCUT2D eigenvalue weighted by Gasteiger charge is -2.08. The van der Waals surface area contributed by atoms with Gasteiger partial charge in [-0.25, -0.2) is 0 Å². The molecular formula is C18H18N2O4S. The lowest BCUT2D eigenvalue weighted by atomic mass is 10.3. The Labute approximate surface area is 151 Å². The fourth-order valence-electron chi connectivity index (χ4n) is 2.38. The molecule has 0 unspecified atom stereocenters. The lowest BCUT2D eigenvalue weighted by molar-refractivity contribution is -0.122. The second kappa shape index (κ2) is 7.40. The van der Waals surface area contributed by atoms with Gasteiger partial charge in [0, 0.05) is 12.6 Å². The molecule has 130 valence electrons. The number of nitrogens with zero attached hydrogens (tertiary/aromatic N) is 1. The zero-order valence-electron chi connectivity index (χ0n) is 13.9. The molecule has 1 amide bonds. The van der Waals surface area contributed by atoms with Gasteiger partial charge in [-0.1, -0.05) is 0 Å². The average molecular weight is 358 g/mol. The molecule has 1 aliphatic rings. The number of ether oxygens (including phenoxy) is 2. The maximum Gasteiger partial charge on any atom is 0.276 e. The molecule has 0 saturated carbocycles. The van der Waals surface area contributed by atoms with Crippen molar-refractivity contribution in [3.63, 3.8) is 0 Å². The summed E-state index contributed by atoms with van der Waals surface area (Å²) < 4.78 is 16.5. The van der Waals surface area contributed by atoms with Crippen molar-refractivity contribution in [2.75, 3.05) is 13.7 Å². The maximum absolute atomic E-state index is 12.2. The van der Waals surface area contributed by atoms with Crippen LogP contribution in [0.3, 0.4) is 0 Å². The molecule has 1 aliphatic heterocycles. The second-order valence-electron chi connectivity index (χ2n) is 5.31. The van der Waals surface area contributed by atoms with E-state index in [0.29, 0.717) is 34.6 Å². The summed E-state index contributed by atoms with van der Waals surface area (Å²) in [4.78, 5) is 13.7. The molecule has 25 heavy (non-hydrogen) atoms. The Morgan fingerprint density at radius 2 is 1.92 bits per heavy atom. The maximum atomic E-state index is 12.2. The number of rotatable bonds is 6. The summed E-state index contributed by atoms with van der Waals surface area (Å²) in [6.07, 6.45) is 1.64. The second-order valence-corrected chi connectivity index (χ2v) is 5.69. The SMILES string of the molecule is CCN1C(=O)/C(=C/c2ccc(COc3ccc(OC)cc3)o2)NC1=S. The van der Waals surface area contributed by atoms with E-state index >= 15 is 0 Å². The Bertz CT molecular complexity index is 811. The van der Waals surface area contributed by atoms with Gasteiger partial charge in [0.2, 0.25) is 0 Å². The molecule has 0 spiro atoms. The van der Waals surface area contributed by atoms with Crippen LogP contribution in [-0.2, 0) is 11.4 Å². The number of likely N-dealkylation sites (N-methyl/N-ethyl adjacent to an activating group) is 1. The van der Waals surface area contributed by atoms with E-state index in [4.69, 9.17) is 26.1 Å². The van der Waals surface area contributed by atoms with Crippen LogP contribution in [0.5, 0.6) is 11.5 Å². The van der Waals surface area contributed by atoms with E-state index in [1.807, 2.05) is 37.3 Å². The predicted molar refractivity (Wildman–Crippen MR) is 97.1 cm³/mol. The van der Waals surface area contributed by atoms with Crippen LogP contribution >= 0.6 is 12.2 Å². The monoisotopic (exact) mass is 358 g/mol. The third-order valence-corrected chi connectivity index (χ3v) is 4.01. The Kier molecular flexibility index (Phi) is 5.04. The zero-order valence-corrected chi connectivity index (χ0v) is 14.8. The minimum Gasteiger partial charge on any atom is -0.497 e. The third kappa shape index (κ3) is 3.83. The summed E-state index contributed by atoms with van der Waals surface area (Å²) >= 11 is 5.12. The van der Waals surface area contributed by atoms with E-state index in [9.17, 15) is 4.79 Å². The van der Waals surface area contributed by atoms with Gasteiger partial charge in [0.05, 0.1) is 7.11 Å². The predicted octanol–water partition coefficient (Wildman–Crippen LogP) is 2.94. The number of hydrogen-bond acceptors (Lipinski definition) is 5. The number of carbonyl (C=O) groups is 1. The van der Waals surface area contributed by atoms with E-state index in [2.05, 4.69) is 5.32 Å². The quantitative estimate of drug-likeness (QED) is 0.633. The summed E-state index contributed by atoms with van der Waals surface area (Å²) in [6.45, 7) is 2.69. The molecule has 1 aromatic heterocycles. The molecule has 0 bridgehead atoms. The van der Waals surface area contributed by atoms with E-state index in [0.717, 1.165) is 5.75 Å². The van der Waals surface area contributed by atoms with Crippen LogP contribution in [0.15, 0.2) is 46.5 Å². The molecule has 1 aromatic carbocycles. The molecule has 7 heteroatoms. The van der Waals surface area contributed by atoms with Crippen LogP contribution in [0.2, 0.25) is 0 Å². The largest absolute Gasteiger partial charge is 0.497 e. The van der Waals surface area contributed by atoms with Crippen LogP contribution in [0.1, 0.15) is 18.4 Å². The number of furan rings is 1. The first-order valence-corrected chi connectivity index (χ1v) is 8.21. The topological polar surface area (TPSA) is 63.9 Å². The van der Waals surface area contributed by atoms with Crippen molar-refractivity contribution in [2.24, 2.45) is 0 Å². The summed E-state index contributed by atoms with van der Waals surface area (Å²) in [5.41, 5.74) is 0.406. The summed E-state index contributed by atoms with van der Waals surface area (Å²) in [5, 5.41) is 3.31. The summed E-state index contributed by atoms with van der Waals surface area (Å²) in [7, 11) is 1.62. The molecule has 6 nitrogen and oxygen atoms in total. The highest BCUT2D eigenvalue weighted by Crippen LogP contribution is 2.20. The van der Waals surface area contributed by atoms with Crippen molar-refractivity contribution in [1.82, 2.24) is 10.2 Å². The standard InChI is InChI=1S/C18H18N2O4S/c1-3-20-17(21)16(19-18(20)25)10-14-8-9-15(24-14)11-23-13-6-4-12(22-2)5-7-13/h4-10H,3,11H2,1-2H3,(H,19,25)/b16-10-. The van der Waals surface area contributed by atoms with Crippen molar-refractivity contribution in [3.05, 3.63) is 53.6 Å². The minimum atomic E-state index is -0.153. The van der Waals surface area contributed by atoms with Crippen LogP contribution < -0.4 is 14.8 Å². The number of hydrogen-bond donors (Lipinski definition) is 1.